The maximum atomic E-state index is 10.2. The Morgan fingerprint density at radius 3 is 2.55 bits per heavy atom. The molecule has 0 aliphatic carbocycles. The van der Waals surface area contributed by atoms with Crippen molar-refractivity contribution in [2.24, 2.45) is 0 Å². The van der Waals surface area contributed by atoms with Crippen molar-refractivity contribution in [2.75, 3.05) is 18.1 Å². The van der Waals surface area contributed by atoms with Crippen LogP contribution in [-0.4, -0.2) is 17.9 Å². The summed E-state index contributed by atoms with van der Waals surface area (Å²) in [5.74, 6) is 0. The number of rotatable bonds is 5. The largest absolute Gasteiger partial charge is 0.387 e. The number of benzene rings is 2. The van der Waals surface area contributed by atoms with Crippen LogP contribution < -0.4 is 5.32 Å². The van der Waals surface area contributed by atoms with Crippen LogP contribution >= 0.6 is 11.8 Å². The van der Waals surface area contributed by atoms with Gasteiger partial charge in [0.15, 0.2) is 0 Å². The monoisotopic (exact) mass is 284 g/mol. The van der Waals surface area contributed by atoms with E-state index in [1.165, 1.54) is 0 Å². The van der Waals surface area contributed by atoms with Crippen molar-refractivity contribution >= 4 is 17.4 Å². The van der Waals surface area contributed by atoms with Crippen molar-refractivity contribution in [2.45, 2.75) is 11.0 Å². The Labute approximate surface area is 123 Å². The topological polar surface area (TPSA) is 56.0 Å². The maximum absolute atomic E-state index is 10.2. The van der Waals surface area contributed by atoms with Crippen molar-refractivity contribution in [3.63, 3.8) is 0 Å². The van der Waals surface area contributed by atoms with E-state index in [9.17, 15) is 5.11 Å². The molecule has 0 radical (unpaired) electrons. The average Bonchev–Trinajstić information content (AvgIpc) is 2.53. The van der Waals surface area contributed by atoms with E-state index in [0.717, 1.165) is 16.1 Å². The molecule has 0 spiro atoms. The number of hydrogen-bond acceptors (Lipinski definition) is 4. The molecule has 2 aromatic carbocycles. The number of nitrogens with one attached hydrogen (secondary N) is 1. The van der Waals surface area contributed by atoms with Crippen LogP contribution in [0, 0.1) is 11.3 Å². The van der Waals surface area contributed by atoms with Crippen molar-refractivity contribution in [3.8, 4) is 6.07 Å². The molecule has 1 unspecified atom stereocenters. The molecule has 20 heavy (non-hydrogen) atoms. The predicted octanol–water partition coefficient (Wildman–Crippen LogP) is 3.43. The maximum Gasteiger partial charge on any atom is 0.0991 e. The van der Waals surface area contributed by atoms with Gasteiger partial charge in [-0.3, -0.25) is 0 Å². The Balaban J connectivity index is 2.01. The molecule has 102 valence electrons. The first-order valence-electron chi connectivity index (χ1n) is 6.29. The van der Waals surface area contributed by atoms with E-state index in [-0.39, 0.29) is 0 Å². The summed E-state index contributed by atoms with van der Waals surface area (Å²) >= 11 is 1.67. The highest BCUT2D eigenvalue weighted by atomic mass is 32.2. The van der Waals surface area contributed by atoms with E-state index in [1.54, 1.807) is 36.0 Å². The summed E-state index contributed by atoms with van der Waals surface area (Å²) in [7, 11) is 0. The molecule has 0 bridgehead atoms. The van der Waals surface area contributed by atoms with E-state index in [4.69, 9.17) is 5.26 Å². The standard InChI is InChI=1S/C16H16N2OS/c1-20-16-5-3-2-4-14(16)18-11-15(19)13-8-6-12(10-17)7-9-13/h2-9,15,18-19H,11H2,1H3. The van der Waals surface area contributed by atoms with Crippen molar-refractivity contribution < 1.29 is 5.11 Å². The lowest BCUT2D eigenvalue weighted by atomic mass is 10.1. The van der Waals surface area contributed by atoms with Gasteiger partial charge >= 0.3 is 0 Å². The fraction of sp³-hybridized carbons (Fsp3) is 0.188. The first kappa shape index (κ1) is 14.4. The Bertz CT molecular complexity index is 605. The zero-order valence-electron chi connectivity index (χ0n) is 11.2. The Morgan fingerprint density at radius 1 is 1.20 bits per heavy atom. The Hall–Kier alpha value is -1.96. The van der Waals surface area contributed by atoms with Gasteiger partial charge in [-0.15, -0.1) is 11.8 Å². The van der Waals surface area contributed by atoms with E-state index in [1.807, 2.05) is 30.5 Å². The fourth-order valence-corrected chi connectivity index (χ4v) is 2.47. The van der Waals surface area contributed by atoms with Crippen molar-refractivity contribution in [3.05, 3.63) is 59.7 Å². The van der Waals surface area contributed by atoms with Crippen LogP contribution in [0.4, 0.5) is 5.69 Å². The first-order chi connectivity index (χ1) is 9.74. The number of anilines is 1. The van der Waals surface area contributed by atoms with Gasteiger partial charge in [0, 0.05) is 17.1 Å². The van der Waals surface area contributed by atoms with Gasteiger partial charge in [-0.2, -0.15) is 5.26 Å². The second kappa shape index (κ2) is 6.99. The van der Waals surface area contributed by atoms with Gasteiger partial charge in [0.1, 0.15) is 0 Å². The molecule has 0 saturated carbocycles. The summed E-state index contributed by atoms with van der Waals surface area (Å²) in [6.45, 7) is 0.434. The normalized spacial score (nSPS) is 11.7. The third-order valence-electron chi connectivity index (χ3n) is 3.02. The molecule has 2 aromatic rings. The lowest BCUT2D eigenvalue weighted by molar-refractivity contribution is 0.191. The van der Waals surface area contributed by atoms with Crippen LogP contribution in [0.1, 0.15) is 17.2 Å². The van der Waals surface area contributed by atoms with E-state index >= 15 is 0 Å². The number of hydrogen-bond donors (Lipinski definition) is 2. The molecule has 0 saturated heterocycles. The molecule has 1 atom stereocenters. The molecule has 2 rings (SSSR count). The Morgan fingerprint density at radius 2 is 1.90 bits per heavy atom. The minimum Gasteiger partial charge on any atom is -0.387 e. The first-order valence-corrected chi connectivity index (χ1v) is 7.52. The number of aliphatic hydroxyl groups excluding tert-OH is 1. The molecule has 0 fully saturated rings. The fourth-order valence-electron chi connectivity index (χ4n) is 1.89. The minimum absolute atomic E-state index is 0.434. The quantitative estimate of drug-likeness (QED) is 0.826. The van der Waals surface area contributed by atoms with Crippen LogP contribution in [0.3, 0.4) is 0 Å². The van der Waals surface area contributed by atoms with Gasteiger partial charge < -0.3 is 10.4 Å². The smallest absolute Gasteiger partial charge is 0.0991 e. The third kappa shape index (κ3) is 3.53. The summed E-state index contributed by atoms with van der Waals surface area (Å²) in [4.78, 5) is 1.15. The van der Waals surface area contributed by atoms with Gasteiger partial charge in [0.05, 0.1) is 17.7 Å². The lowest BCUT2D eigenvalue weighted by Crippen LogP contribution is -2.12. The highest BCUT2D eigenvalue weighted by molar-refractivity contribution is 7.98. The molecule has 0 aliphatic heterocycles. The molecule has 2 N–H and O–H groups in total. The molecule has 3 nitrogen and oxygen atoms in total. The molecule has 0 heterocycles. The summed E-state index contributed by atoms with van der Waals surface area (Å²) in [6.07, 6.45) is 1.43. The SMILES string of the molecule is CSc1ccccc1NCC(O)c1ccc(C#N)cc1. The van der Waals surface area contributed by atoms with E-state index in [2.05, 4.69) is 11.4 Å². The number of thioether (sulfide) groups is 1. The van der Waals surface area contributed by atoms with Gasteiger partial charge in [-0.05, 0) is 36.1 Å². The molecule has 0 aromatic heterocycles. The predicted molar refractivity (Wildman–Crippen MR) is 82.8 cm³/mol. The molecule has 0 amide bonds. The van der Waals surface area contributed by atoms with E-state index < -0.39 is 6.10 Å². The highest BCUT2D eigenvalue weighted by Gasteiger charge is 2.08. The summed E-state index contributed by atoms with van der Waals surface area (Å²) in [5, 5.41) is 22.2. The third-order valence-corrected chi connectivity index (χ3v) is 3.81. The van der Waals surface area contributed by atoms with Gasteiger partial charge in [0.2, 0.25) is 0 Å². The van der Waals surface area contributed by atoms with Crippen LogP contribution in [-0.2, 0) is 0 Å². The van der Waals surface area contributed by atoms with Gasteiger partial charge in [0.25, 0.3) is 0 Å². The lowest BCUT2D eigenvalue weighted by Gasteiger charge is -2.15. The summed E-state index contributed by atoms with van der Waals surface area (Å²) < 4.78 is 0. The zero-order valence-corrected chi connectivity index (χ0v) is 12.0. The summed E-state index contributed by atoms with van der Waals surface area (Å²) in [6, 6.07) is 17.1. The molecule has 0 aliphatic rings. The van der Waals surface area contributed by atoms with Crippen LogP contribution in [0.5, 0.6) is 0 Å². The number of para-hydroxylation sites is 1. The molecule has 4 heteroatoms. The summed E-state index contributed by atoms with van der Waals surface area (Å²) in [5.41, 5.74) is 2.42. The highest BCUT2D eigenvalue weighted by Crippen LogP contribution is 2.25. The van der Waals surface area contributed by atoms with Gasteiger partial charge in [-0.25, -0.2) is 0 Å². The molecular formula is C16H16N2OS. The van der Waals surface area contributed by atoms with Gasteiger partial charge in [-0.1, -0.05) is 24.3 Å². The van der Waals surface area contributed by atoms with Crippen LogP contribution in [0.2, 0.25) is 0 Å². The second-order valence-electron chi connectivity index (χ2n) is 4.33. The number of nitrogens with zero attached hydrogens (tertiary/aromatic N) is 1. The zero-order chi connectivity index (χ0) is 14.4. The minimum atomic E-state index is -0.599. The molecular weight excluding hydrogens is 268 g/mol. The van der Waals surface area contributed by atoms with E-state index in [0.29, 0.717) is 12.1 Å². The van der Waals surface area contributed by atoms with Crippen molar-refractivity contribution in [1.29, 1.82) is 5.26 Å². The average molecular weight is 284 g/mol. The van der Waals surface area contributed by atoms with Crippen LogP contribution in [0.25, 0.3) is 0 Å². The Kier molecular flexibility index (Phi) is 5.05. The second-order valence-corrected chi connectivity index (χ2v) is 5.18. The van der Waals surface area contributed by atoms with Crippen molar-refractivity contribution in [1.82, 2.24) is 0 Å². The van der Waals surface area contributed by atoms with Crippen LogP contribution in [0.15, 0.2) is 53.4 Å². The number of aliphatic hydroxyl groups is 1. The number of nitriles is 1.